The second-order valence-corrected chi connectivity index (χ2v) is 6.00. The molecule has 0 aromatic rings. The fraction of sp³-hybridized carbons (Fsp3) is 0.800. The van der Waals surface area contributed by atoms with Crippen molar-refractivity contribution in [2.24, 2.45) is 5.92 Å². The number of piperidine rings is 1. The molecule has 8 heteroatoms. The van der Waals surface area contributed by atoms with Crippen LogP contribution in [0.4, 0.5) is 4.79 Å². The molecule has 2 fully saturated rings. The van der Waals surface area contributed by atoms with Gasteiger partial charge in [0.15, 0.2) is 0 Å². The number of carboxylic acids is 1. The highest BCUT2D eigenvalue weighted by atomic mass is 16.5. The van der Waals surface area contributed by atoms with Crippen LogP contribution < -0.4 is 5.32 Å². The van der Waals surface area contributed by atoms with Crippen LogP contribution in [0.2, 0.25) is 0 Å². The smallest absolute Gasteiger partial charge is 0.329 e. The minimum Gasteiger partial charge on any atom is -0.480 e. The van der Waals surface area contributed by atoms with E-state index in [1.54, 1.807) is 4.90 Å². The van der Waals surface area contributed by atoms with Crippen molar-refractivity contribution in [2.45, 2.75) is 25.7 Å². The van der Waals surface area contributed by atoms with Gasteiger partial charge < -0.3 is 25.0 Å². The highest BCUT2D eigenvalue weighted by molar-refractivity contribution is 5.81. The molecule has 1 atom stereocenters. The second-order valence-electron chi connectivity index (χ2n) is 6.00. The number of carbonyl (C=O) groups is 3. The molecule has 2 rings (SSSR count). The summed E-state index contributed by atoms with van der Waals surface area (Å²) in [4.78, 5) is 38.5. The van der Waals surface area contributed by atoms with E-state index in [1.807, 2.05) is 4.90 Å². The van der Waals surface area contributed by atoms with Crippen LogP contribution in [0.1, 0.15) is 25.7 Å². The molecule has 2 saturated heterocycles. The summed E-state index contributed by atoms with van der Waals surface area (Å²) in [7, 11) is 0. The van der Waals surface area contributed by atoms with Crippen LogP contribution in [0.15, 0.2) is 0 Å². The molecule has 23 heavy (non-hydrogen) atoms. The Balaban J connectivity index is 1.70. The first-order valence-electron chi connectivity index (χ1n) is 8.19. The summed E-state index contributed by atoms with van der Waals surface area (Å²) in [5, 5.41) is 11.2. The van der Waals surface area contributed by atoms with Crippen LogP contribution in [-0.2, 0) is 14.3 Å². The summed E-state index contributed by atoms with van der Waals surface area (Å²) >= 11 is 0. The topological polar surface area (TPSA) is 99.2 Å². The van der Waals surface area contributed by atoms with Gasteiger partial charge in [-0.1, -0.05) is 0 Å². The number of nitrogens with zero attached hydrogens (tertiary/aromatic N) is 2. The molecule has 0 aromatic carbocycles. The van der Waals surface area contributed by atoms with Crippen LogP contribution in [0.5, 0.6) is 0 Å². The van der Waals surface area contributed by atoms with Crippen molar-refractivity contribution in [3.05, 3.63) is 0 Å². The number of carboxylic acid groups (broad SMARTS) is 1. The van der Waals surface area contributed by atoms with Gasteiger partial charge in [-0.3, -0.25) is 4.79 Å². The number of likely N-dealkylation sites (tertiary alicyclic amines) is 2. The van der Waals surface area contributed by atoms with Crippen LogP contribution in [0, 0.1) is 5.92 Å². The van der Waals surface area contributed by atoms with Crippen LogP contribution in [-0.4, -0.2) is 78.8 Å². The van der Waals surface area contributed by atoms with E-state index in [-0.39, 0.29) is 37.6 Å². The van der Waals surface area contributed by atoms with E-state index in [2.05, 4.69) is 5.32 Å². The number of urea groups is 1. The van der Waals surface area contributed by atoms with Crippen molar-refractivity contribution in [1.82, 2.24) is 15.1 Å². The number of nitrogens with one attached hydrogen (secondary N) is 1. The maximum atomic E-state index is 12.4. The Morgan fingerprint density at radius 1 is 1.09 bits per heavy atom. The number of ether oxygens (including phenoxy) is 1. The van der Waals surface area contributed by atoms with Crippen molar-refractivity contribution >= 4 is 17.9 Å². The maximum absolute atomic E-state index is 12.4. The van der Waals surface area contributed by atoms with Gasteiger partial charge in [0, 0.05) is 32.7 Å². The molecule has 2 heterocycles. The molecule has 2 N–H and O–H groups in total. The Morgan fingerprint density at radius 2 is 1.78 bits per heavy atom. The molecule has 2 aliphatic rings. The maximum Gasteiger partial charge on any atom is 0.329 e. The first-order chi connectivity index (χ1) is 11.1. The van der Waals surface area contributed by atoms with Gasteiger partial charge in [0.2, 0.25) is 5.91 Å². The largest absolute Gasteiger partial charge is 0.480 e. The lowest BCUT2D eigenvalue weighted by Crippen LogP contribution is -2.49. The zero-order chi connectivity index (χ0) is 16.7. The molecule has 1 unspecified atom stereocenters. The normalized spacial score (nSPS) is 21.3. The van der Waals surface area contributed by atoms with Gasteiger partial charge in [-0.05, 0) is 25.7 Å². The standard InChI is InChI=1S/C15H25N3O5/c19-13(20)11-23-9-5-16-14(21)12-4-3-8-18(10-12)15(22)17-6-1-2-7-17/h12H,1-11H2,(H,16,21)(H,19,20). The van der Waals surface area contributed by atoms with E-state index in [1.165, 1.54) is 0 Å². The van der Waals surface area contributed by atoms with Gasteiger partial charge in [0.25, 0.3) is 0 Å². The lowest BCUT2D eigenvalue weighted by Gasteiger charge is -2.34. The van der Waals surface area contributed by atoms with E-state index in [4.69, 9.17) is 9.84 Å². The molecule has 0 saturated carbocycles. The molecule has 0 aliphatic carbocycles. The number of rotatable bonds is 6. The molecule has 130 valence electrons. The van der Waals surface area contributed by atoms with Crippen molar-refractivity contribution in [3.63, 3.8) is 0 Å². The summed E-state index contributed by atoms with van der Waals surface area (Å²) in [6.07, 6.45) is 3.71. The third-order valence-corrected chi connectivity index (χ3v) is 4.21. The van der Waals surface area contributed by atoms with Gasteiger partial charge in [-0.2, -0.15) is 0 Å². The summed E-state index contributed by atoms with van der Waals surface area (Å²) in [6, 6.07) is 0.0461. The van der Waals surface area contributed by atoms with Crippen molar-refractivity contribution in [3.8, 4) is 0 Å². The fourth-order valence-electron chi connectivity index (χ4n) is 3.02. The first-order valence-corrected chi connectivity index (χ1v) is 8.19. The molecule has 0 spiro atoms. The van der Waals surface area contributed by atoms with Gasteiger partial charge in [-0.25, -0.2) is 9.59 Å². The monoisotopic (exact) mass is 327 g/mol. The van der Waals surface area contributed by atoms with Crippen molar-refractivity contribution in [1.29, 1.82) is 0 Å². The lowest BCUT2D eigenvalue weighted by atomic mass is 9.97. The SMILES string of the molecule is O=C(O)COCCNC(=O)C1CCCN(C(=O)N2CCCC2)C1. The van der Waals surface area contributed by atoms with Gasteiger partial charge in [0.05, 0.1) is 12.5 Å². The minimum absolute atomic E-state index is 0.0461. The quantitative estimate of drug-likeness (QED) is 0.676. The predicted molar refractivity (Wildman–Crippen MR) is 82.0 cm³/mol. The Hall–Kier alpha value is -1.83. The Bertz CT molecular complexity index is 437. The van der Waals surface area contributed by atoms with E-state index in [0.29, 0.717) is 13.1 Å². The van der Waals surface area contributed by atoms with Crippen LogP contribution >= 0.6 is 0 Å². The molecular weight excluding hydrogens is 302 g/mol. The van der Waals surface area contributed by atoms with Gasteiger partial charge in [0.1, 0.15) is 6.61 Å². The number of amides is 3. The summed E-state index contributed by atoms with van der Waals surface area (Å²) in [6.45, 7) is 2.87. The average molecular weight is 327 g/mol. The molecule has 2 aliphatic heterocycles. The number of carbonyl (C=O) groups excluding carboxylic acids is 2. The second kappa shape index (κ2) is 8.71. The third-order valence-electron chi connectivity index (χ3n) is 4.21. The molecule has 0 bridgehead atoms. The van der Waals surface area contributed by atoms with E-state index < -0.39 is 5.97 Å². The Kier molecular flexibility index (Phi) is 6.64. The Morgan fingerprint density at radius 3 is 2.48 bits per heavy atom. The zero-order valence-corrected chi connectivity index (χ0v) is 13.3. The molecule has 8 nitrogen and oxygen atoms in total. The minimum atomic E-state index is -1.03. The predicted octanol–water partition coefficient (Wildman–Crippen LogP) is 0.132. The third kappa shape index (κ3) is 5.38. The molecule has 0 aromatic heterocycles. The van der Waals surface area contributed by atoms with Crippen molar-refractivity contribution < 1.29 is 24.2 Å². The highest BCUT2D eigenvalue weighted by Gasteiger charge is 2.31. The number of hydrogen-bond acceptors (Lipinski definition) is 4. The lowest BCUT2D eigenvalue weighted by molar-refractivity contribution is -0.142. The fourth-order valence-corrected chi connectivity index (χ4v) is 3.02. The van der Waals surface area contributed by atoms with E-state index in [0.717, 1.165) is 38.8 Å². The van der Waals surface area contributed by atoms with Crippen LogP contribution in [0.3, 0.4) is 0 Å². The average Bonchev–Trinajstić information content (AvgIpc) is 3.08. The molecule has 0 radical (unpaired) electrons. The number of aliphatic carboxylic acids is 1. The van der Waals surface area contributed by atoms with Gasteiger partial charge in [-0.15, -0.1) is 0 Å². The zero-order valence-electron chi connectivity index (χ0n) is 13.3. The summed E-state index contributed by atoms with van der Waals surface area (Å²) in [5.41, 5.74) is 0. The highest BCUT2D eigenvalue weighted by Crippen LogP contribution is 2.19. The first kappa shape index (κ1) is 17.5. The molecule has 3 amide bonds. The van der Waals surface area contributed by atoms with Crippen molar-refractivity contribution in [2.75, 3.05) is 45.9 Å². The summed E-state index contributed by atoms with van der Waals surface area (Å²) in [5.74, 6) is -1.32. The summed E-state index contributed by atoms with van der Waals surface area (Å²) < 4.78 is 4.87. The van der Waals surface area contributed by atoms with E-state index in [9.17, 15) is 14.4 Å². The van der Waals surface area contributed by atoms with Crippen LogP contribution in [0.25, 0.3) is 0 Å². The van der Waals surface area contributed by atoms with E-state index >= 15 is 0 Å². The van der Waals surface area contributed by atoms with Gasteiger partial charge >= 0.3 is 12.0 Å². The Labute approximate surface area is 135 Å². The number of hydrogen-bond donors (Lipinski definition) is 2. The molecular formula is C15H25N3O5.